The minimum absolute atomic E-state index is 0.665. The van der Waals surface area contributed by atoms with Gasteiger partial charge in [-0.25, -0.2) is 4.99 Å². The summed E-state index contributed by atoms with van der Waals surface area (Å²) in [6.07, 6.45) is 2.37. The van der Waals surface area contributed by atoms with Crippen molar-refractivity contribution in [2.45, 2.75) is 40.2 Å². The van der Waals surface area contributed by atoms with Crippen molar-refractivity contribution in [3.63, 3.8) is 0 Å². The van der Waals surface area contributed by atoms with Crippen LogP contribution in [0, 0.1) is 0 Å². The maximum Gasteiger partial charge on any atom is 0.191 e. The first kappa shape index (κ1) is 20.3. The Labute approximate surface area is 147 Å². The summed E-state index contributed by atoms with van der Waals surface area (Å²) < 4.78 is 5.18. The van der Waals surface area contributed by atoms with E-state index in [-0.39, 0.29) is 0 Å². The Morgan fingerprint density at radius 3 is 2.33 bits per heavy atom. The average Bonchev–Trinajstić information content (AvgIpc) is 2.63. The molecule has 24 heavy (non-hydrogen) atoms. The van der Waals surface area contributed by atoms with Crippen LogP contribution in [0.2, 0.25) is 0 Å². The van der Waals surface area contributed by atoms with Crippen LogP contribution in [0.3, 0.4) is 0 Å². The summed E-state index contributed by atoms with van der Waals surface area (Å²) in [6, 6.07) is 8.04. The van der Waals surface area contributed by atoms with Crippen molar-refractivity contribution in [1.82, 2.24) is 15.5 Å². The first-order valence-corrected chi connectivity index (χ1v) is 9.10. The van der Waals surface area contributed by atoms with Gasteiger partial charge in [-0.2, -0.15) is 0 Å². The molecule has 2 N–H and O–H groups in total. The Hall–Kier alpha value is -1.75. The lowest BCUT2D eigenvalue weighted by Crippen LogP contribution is -2.38. The SMILES string of the molecule is CCNC(=NCc1ccc(OC)cc1)NCCCCN(CC)CC. The van der Waals surface area contributed by atoms with Crippen LogP contribution >= 0.6 is 0 Å². The summed E-state index contributed by atoms with van der Waals surface area (Å²) in [5.74, 6) is 1.76. The third kappa shape index (κ3) is 8.20. The van der Waals surface area contributed by atoms with Crippen LogP contribution in [0.25, 0.3) is 0 Å². The molecule has 0 fully saturated rings. The molecule has 0 amide bonds. The van der Waals surface area contributed by atoms with Gasteiger partial charge in [0.25, 0.3) is 0 Å². The van der Waals surface area contributed by atoms with Crippen molar-refractivity contribution in [3.05, 3.63) is 29.8 Å². The molecule has 0 saturated heterocycles. The third-order valence-electron chi connectivity index (χ3n) is 4.01. The predicted octanol–water partition coefficient (Wildman–Crippen LogP) is 2.87. The molecule has 0 saturated carbocycles. The number of unbranched alkanes of at least 4 members (excludes halogenated alkanes) is 1. The van der Waals surface area contributed by atoms with Crippen molar-refractivity contribution in [2.24, 2.45) is 4.99 Å². The van der Waals surface area contributed by atoms with Gasteiger partial charge in [0.1, 0.15) is 5.75 Å². The molecular weight excluding hydrogens is 300 g/mol. The molecule has 0 aliphatic heterocycles. The van der Waals surface area contributed by atoms with Gasteiger partial charge >= 0.3 is 0 Å². The van der Waals surface area contributed by atoms with Gasteiger partial charge in [0.2, 0.25) is 0 Å². The van der Waals surface area contributed by atoms with Crippen LogP contribution in [-0.4, -0.2) is 50.7 Å². The van der Waals surface area contributed by atoms with E-state index >= 15 is 0 Å². The second-order valence-electron chi connectivity index (χ2n) is 5.70. The standard InChI is InChI=1S/C19H34N4O/c1-5-20-19(21-14-8-9-15-23(6-2)7-3)22-16-17-10-12-18(24-4)13-11-17/h10-13H,5-9,14-16H2,1-4H3,(H2,20,21,22). The van der Waals surface area contributed by atoms with Crippen molar-refractivity contribution >= 4 is 5.96 Å². The fourth-order valence-electron chi connectivity index (χ4n) is 2.45. The minimum atomic E-state index is 0.665. The number of nitrogens with zero attached hydrogens (tertiary/aromatic N) is 2. The van der Waals surface area contributed by atoms with E-state index in [0.717, 1.165) is 44.3 Å². The zero-order chi connectivity index (χ0) is 17.6. The molecule has 0 bridgehead atoms. The van der Waals surface area contributed by atoms with E-state index in [2.05, 4.69) is 53.4 Å². The number of guanidine groups is 1. The van der Waals surface area contributed by atoms with E-state index in [4.69, 9.17) is 4.74 Å². The van der Waals surface area contributed by atoms with E-state index < -0.39 is 0 Å². The van der Waals surface area contributed by atoms with Crippen LogP contribution in [-0.2, 0) is 6.54 Å². The fraction of sp³-hybridized carbons (Fsp3) is 0.632. The highest BCUT2D eigenvalue weighted by Crippen LogP contribution is 2.11. The number of benzene rings is 1. The highest BCUT2D eigenvalue weighted by atomic mass is 16.5. The van der Waals surface area contributed by atoms with Crippen molar-refractivity contribution in [3.8, 4) is 5.75 Å². The molecular formula is C19H34N4O. The largest absolute Gasteiger partial charge is 0.497 e. The maximum atomic E-state index is 5.18. The van der Waals surface area contributed by atoms with Crippen molar-refractivity contribution in [2.75, 3.05) is 39.8 Å². The molecule has 0 aromatic heterocycles. The highest BCUT2D eigenvalue weighted by Gasteiger charge is 2.00. The normalized spacial score (nSPS) is 11.6. The first-order valence-electron chi connectivity index (χ1n) is 9.10. The minimum Gasteiger partial charge on any atom is -0.497 e. The molecule has 0 atom stereocenters. The molecule has 5 heteroatoms. The number of nitrogens with one attached hydrogen (secondary N) is 2. The van der Waals surface area contributed by atoms with Gasteiger partial charge in [0.15, 0.2) is 5.96 Å². The Morgan fingerprint density at radius 1 is 1.04 bits per heavy atom. The Bertz CT molecular complexity index is 455. The lowest BCUT2D eigenvalue weighted by atomic mass is 10.2. The van der Waals surface area contributed by atoms with Gasteiger partial charge in [0, 0.05) is 13.1 Å². The van der Waals surface area contributed by atoms with E-state index in [0.29, 0.717) is 6.54 Å². The lowest BCUT2D eigenvalue weighted by Gasteiger charge is -2.18. The number of hydrogen-bond donors (Lipinski definition) is 2. The van der Waals surface area contributed by atoms with Gasteiger partial charge in [-0.1, -0.05) is 26.0 Å². The zero-order valence-electron chi connectivity index (χ0n) is 15.8. The second kappa shape index (κ2) is 12.6. The summed E-state index contributed by atoms with van der Waals surface area (Å²) in [7, 11) is 1.68. The lowest BCUT2D eigenvalue weighted by molar-refractivity contribution is 0.297. The van der Waals surface area contributed by atoms with E-state index in [1.165, 1.54) is 18.5 Å². The molecule has 0 aliphatic carbocycles. The molecule has 1 aromatic rings. The summed E-state index contributed by atoms with van der Waals surface area (Å²) in [5.41, 5.74) is 1.18. The predicted molar refractivity (Wildman–Crippen MR) is 103 cm³/mol. The third-order valence-corrected chi connectivity index (χ3v) is 4.01. The molecule has 1 aromatic carbocycles. The van der Waals surface area contributed by atoms with Crippen molar-refractivity contribution in [1.29, 1.82) is 0 Å². The summed E-state index contributed by atoms with van der Waals surface area (Å²) in [4.78, 5) is 7.11. The topological polar surface area (TPSA) is 48.9 Å². The Kier molecular flexibility index (Phi) is 10.7. The van der Waals surface area contributed by atoms with Crippen molar-refractivity contribution < 1.29 is 4.74 Å². The summed E-state index contributed by atoms with van der Waals surface area (Å²) >= 11 is 0. The first-order chi connectivity index (χ1) is 11.7. The molecule has 0 aliphatic rings. The monoisotopic (exact) mass is 334 g/mol. The fourth-order valence-corrected chi connectivity index (χ4v) is 2.45. The van der Waals surface area contributed by atoms with Crippen LogP contribution in [0.5, 0.6) is 5.75 Å². The maximum absolute atomic E-state index is 5.18. The molecule has 0 heterocycles. The Balaban J connectivity index is 2.36. The van der Waals surface area contributed by atoms with Crippen LogP contribution < -0.4 is 15.4 Å². The van der Waals surface area contributed by atoms with Crippen LogP contribution in [0.1, 0.15) is 39.2 Å². The quantitative estimate of drug-likeness (QED) is 0.371. The van der Waals surface area contributed by atoms with Crippen LogP contribution in [0.4, 0.5) is 0 Å². The molecule has 5 nitrogen and oxygen atoms in total. The van der Waals surface area contributed by atoms with E-state index in [9.17, 15) is 0 Å². The van der Waals surface area contributed by atoms with Gasteiger partial charge in [-0.15, -0.1) is 0 Å². The molecule has 136 valence electrons. The van der Waals surface area contributed by atoms with E-state index in [1.807, 2.05) is 12.1 Å². The molecule has 0 radical (unpaired) electrons. The average molecular weight is 335 g/mol. The van der Waals surface area contributed by atoms with Gasteiger partial charge < -0.3 is 20.3 Å². The number of hydrogen-bond acceptors (Lipinski definition) is 3. The highest BCUT2D eigenvalue weighted by molar-refractivity contribution is 5.79. The second-order valence-corrected chi connectivity index (χ2v) is 5.70. The summed E-state index contributed by atoms with van der Waals surface area (Å²) in [6.45, 7) is 12.5. The number of aliphatic imine (C=N–C) groups is 1. The van der Waals surface area contributed by atoms with Crippen LogP contribution in [0.15, 0.2) is 29.3 Å². The summed E-state index contributed by atoms with van der Waals surface area (Å²) in [5, 5.41) is 6.72. The number of ether oxygens (including phenoxy) is 1. The number of methoxy groups -OCH3 is 1. The Morgan fingerprint density at radius 2 is 1.75 bits per heavy atom. The smallest absolute Gasteiger partial charge is 0.191 e. The zero-order valence-corrected chi connectivity index (χ0v) is 15.8. The molecule has 0 unspecified atom stereocenters. The van der Waals surface area contributed by atoms with E-state index in [1.54, 1.807) is 7.11 Å². The van der Waals surface area contributed by atoms with Gasteiger partial charge in [-0.3, -0.25) is 0 Å². The molecule has 0 spiro atoms. The number of rotatable bonds is 11. The van der Waals surface area contributed by atoms with Gasteiger partial charge in [-0.05, 0) is 57.1 Å². The molecule has 1 rings (SSSR count). The van der Waals surface area contributed by atoms with Gasteiger partial charge in [0.05, 0.1) is 13.7 Å².